The van der Waals surface area contributed by atoms with Crippen LogP contribution < -0.4 is 16.1 Å². The normalized spacial score (nSPS) is 11.7. The van der Waals surface area contributed by atoms with E-state index in [9.17, 15) is 22.5 Å². The Labute approximate surface area is 183 Å². The smallest absolute Gasteiger partial charge is 0.355 e. The average molecular weight is 460 g/mol. The Hall–Kier alpha value is -3.45. The summed E-state index contributed by atoms with van der Waals surface area (Å²) in [6, 6.07) is 11.0. The molecule has 0 radical (unpaired) electrons. The number of alkyl halides is 3. The lowest BCUT2D eigenvalue weighted by Gasteiger charge is -2.15. The monoisotopic (exact) mass is 460 g/mol. The lowest BCUT2D eigenvalue weighted by molar-refractivity contribution is -0.137. The summed E-state index contributed by atoms with van der Waals surface area (Å²) < 4.78 is 51.0. The minimum absolute atomic E-state index is 0.246. The number of rotatable bonds is 6. The van der Waals surface area contributed by atoms with Crippen molar-refractivity contribution in [2.45, 2.75) is 6.18 Å². The molecule has 0 unspecified atom stereocenters. The Morgan fingerprint density at radius 2 is 1.72 bits per heavy atom. The number of halogens is 3. The summed E-state index contributed by atoms with van der Waals surface area (Å²) in [5.41, 5.74) is 1.41. The quantitative estimate of drug-likeness (QED) is 0.386. The minimum atomic E-state index is -4.43. The molecular weight excluding hydrogens is 440 g/mol. The zero-order valence-electron chi connectivity index (χ0n) is 17.3. The second-order valence-corrected chi connectivity index (χ2v) is 10.4. The van der Waals surface area contributed by atoms with Crippen LogP contribution in [0.4, 0.5) is 30.2 Å². The van der Waals surface area contributed by atoms with Crippen LogP contribution >= 0.6 is 7.14 Å². The van der Waals surface area contributed by atoms with Crippen LogP contribution in [0.2, 0.25) is 0 Å². The first kappa shape index (κ1) is 23.2. The summed E-state index contributed by atoms with van der Waals surface area (Å²) in [6.07, 6.45) is -1.83. The third-order valence-electron chi connectivity index (χ3n) is 4.40. The summed E-state index contributed by atoms with van der Waals surface area (Å²) in [4.78, 5) is 20.4. The van der Waals surface area contributed by atoms with Crippen LogP contribution in [0.15, 0.2) is 67.4 Å². The summed E-state index contributed by atoms with van der Waals surface area (Å²) in [5, 5.41) is 5.69. The molecule has 0 saturated carbocycles. The molecular formula is C22H20F3N4O2P. The molecule has 3 aromatic rings. The van der Waals surface area contributed by atoms with Crippen molar-refractivity contribution in [2.75, 3.05) is 24.0 Å². The number of benzene rings is 2. The van der Waals surface area contributed by atoms with Crippen molar-refractivity contribution < 1.29 is 22.5 Å². The van der Waals surface area contributed by atoms with Crippen molar-refractivity contribution in [1.29, 1.82) is 0 Å². The van der Waals surface area contributed by atoms with Crippen LogP contribution in [0.25, 0.3) is 11.4 Å². The van der Waals surface area contributed by atoms with Gasteiger partial charge in [0.05, 0.1) is 5.56 Å². The molecule has 0 saturated heterocycles. The van der Waals surface area contributed by atoms with Crippen LogP contribution in [-0.4, -0.2) is 29.2 Å². The predicted molar refractivity (Wildman–Crippen MR) is 120 cm³/mol. The zero-order chi connectivity index (χ0) is 23.5. The molecule has 1 amide bonds. The third kappa shape index (κ3) is 5.62. The maximum absolute atomic E-state index is 12.8. The Kier molecular flexibility index (Phi) is 6.50. The van der Waals surface area contributed by atoms with E-state index >= 15 is 0 Å². The van der Waals surface area contributed by atoms with Gasteiger partial charge in [-0.3, -0.25) is 4.79 Å². The third-order valence-corrected chi connectivity index (χ3v) is 5.75. The van der Waals surface area contributed by atoms with Crippen molar-refractivity contribution in [2.24, 2.45) is 0 Å². The molecule has 0 bridgehead atoms. The summed E-state index contributed by atoms with van der Waals surface area (Å²) in [5.74, 6) is -0.170. The zero-order valence-corrected chi connectivity index (χ0v) is 18.2. The van der Waals surface area contributed by atoms with E-state index in [1.54, 1.807) is 37.6 Å². The fraction of sp³-hybridized carbons (Fsp3) is 0.136. The van der Waals surface area contributed by atoms with Gasteiger partial charge in [0.2, 0.25) is 5.91 Å². The molecule has 10 heteroatoms. The number of nitrogens with zero attached hydrogens (tertiary/aromatic N) is 2. The van der Waals surface area contributed by atoms with Crippen molar-refractivity contribution >= 4 is 35.5 Å². The van der Waals surface area contributed by atoms with E-state index in [4.69, 9.17) is 0 Å². The van der Waals surface area contributed by atoms with Gasteiger partial charge in [0.1, 0.15) is 12.6 Å². The highest BCUT2D eigenvalue weighted by atomic mass is 31.2. The molecule has 0 aliphatic heterocycles. The molecule has 3 rings (SSSR count). The molecule has 1 aromatic heterocycles. The molecule has 166 valence electrons. The fourth-order valence-electron chi connectivity index (χ4n) is 2.79. The van der Waals surface area contributed by atoms with Gasteiger partial charge in [-0.25, -0.2) is 9.97 Å². The lowest BCUT2D eigenvalue weighted by Crippen LogP contribution is -2.11. The van der Waals surface area contributed by atoms with Crippen LogP contribution in [0.1, 0.15) is 5.56 Å². The molecule has 0 atom stereocenters. The molecule has 0 fully saturated rings. The number of hydrogen-bond donors (Lipinski definition) is 2. The molecule has 32 heavy (non-hydrogen) atoms. The SMILES string of the molecule is C=CC(=O)Nc1ccc(Nc2ccc(C(F)(F)F)cc2)c(-c2nccc(P(C)(C)=O)n2)c1. The highest BCUT2D eigenvalue weighted by molar-refractivity contribution is 7.69. The topological polar surface area (TPSA) is 84.0 Å². The molecule has 6 nitrogen and oxygen atoms in total. The Balaban J connectivity index is 2.05. The van der Waals surface area contributed by atoms with E-state index in [0.29, 0.717) is 28.1 Å². The number of hydrogen-bond acceptors (Lipinski definition) is 5. The van der Waals surface area contributed by atoms with Crippen LogP contribution in [0, 0.1) is 0 Å². The van der Waals surface area contributed by atoms with Gasteiger partial charge in [-0.05, 0) is 67.9 Å². The molecule has 2 aromatic carbocycles. The molecule has 0 aliphatic rings. The van der Waals surface area contributed by atoms with Gasteiger partial charge in [-0.15, -0.1) is 0 Å². The first-order valence-electron chi connectivity index (χ1n) is 9.38. The van der Waals surface area contributed by atoms with Crippen LogP contribution in [-0.2, 0) is 15.5 Å². The first-order valence-corrected chi connectivity index (χ1v) is 12.0. The number of anilines is 3. The number of nitrogens with one attached hydrogen (secondary N) is 2. The maximum atomic E-state index is 12.8. The van der Waals surface area contributed by atoms with Crippen molar-refractivity contribution in [3.63, 3.8) is 0 Å². The van der Waals surface area contributed by atoms with Gasteiger partial charge in [0.25, 0.3) is 0 Å². The van der Waals surface area contributed by atoms with Crippen molar-refractivity contribution in [3.05, 3.63) is 72.9 Å². The van der Waals surface area contributed by atoms with Crippen LogP contribution in [0.3, 0.4) is 0 Å². The van der Waals surface area contributed by atoms with Gasteiger partial charge in [0, 0.05) is 28.8 Å². The molecule has 0 aliphatic carbocycles. The molecule has 0 spiro atoms. The van der Waals surface area contributed by atoms with E-state index in [-0.39, 0.29) is 5.82 Å². The van der Waals surface area contributed by atoms with Crippen molar-refractivity contribution in [1.82, 2.24) is 9.97 Å². The van der Waals surface area contributed by atoms with E-state index < -0.39 is 24.8 Å². The van der Waals surface area contributed by atoms with Gasteiger partial charge >= 0.3 is 6.18 Å². The Bertz CT molecular complexity index is 1200. The van der Waals surface area contributed by atoms with E-state index in [0.717, 1.165) is 18.2 Å². The van der Waals surface area contributed by atoms with Crippen LogP contribution in [0.5, 0.6) is 0 Å². The maximum Gasteiger partial charge on any atom is 0.416 e. The number of amides is 1. The number of carbonyl (C=O) groups excluding carboxylic acids is 1. The first-order chi connectivity index (χ1) is 15.0. The molecule has 1 heterocycles. The number of carbonyl (C=O) groups is 1. The standard InChI is InChI=1S/C22H20F3N4O2P/c1-4-19(30)28-16-9-10-18(27-15-7-5-14(6-8-15)22(23,24)25)17(13-16)21-26-12-11-20(29-21)32(2,3)31/h4-13,27H,1H2,2-3H3,(H,28,30). The Morgan fingerprint density at radius 1 is 1.06 bits per heavy atom. The van der Waals surface area contributed by atoms with Crippen molar-refractivity contribution in [3.8, 4) is 11.4 Å². The summed E-state index contributed by atoms with van der Waals surface area (Å²) in [7, 11) is -2.67. The summed E-state index contributed by atoms with van der Waals surface area (Å²) >= 11 is 0. The lowest BCUT2D eigenvalue weighted by atomic mass is 10.1. The molecule has 2 N–H and O–H groups in total. The van der Waals surface area contributed by atoms with E-state index in [2.05, 4.69) is 27.2 Å². The van der Waals surface area contributed by atoms with E-state index in [1.165, 1.54) is 18.3 Å². The Morgan fingerprint density at radius 3 is 2.31 bits per heavy atom. The van der Waals surface area contributed by atoms with E-state index in [1.807, 2.05) is 0 Å². The second kappa shape index (κ2) is 8.96. The highest BCUT2D eigenvalue weighted by Crippen LogP contribution is 2.36. The van der Waals surface area contributed by atoms with Gasteiger partial charge in [-0.1, -0.05) is 6.58 Å². The number of aromatic nitrogens is 2. The van der Waals surface area contributed by atoms with Gasteiger partial charge < -0.3 is 15.2 Å². The largest absolute Gasteiger partial charge is 0.416 e. The van der Waals surface area contributed by atoms with Gasteiger partial charge in [0.15, 0.2) is 5.82 Å². The highest BCUT2D eigenvalue weighted by Gasteiger charge is 2.30. The fourth-order valence-corrected chi connectivity index (χ4v) is 3.55. The summed E-state index contributed by atoms with van der Waals surface area (Å²) in [6.45, 7) is 6.58. The second-order valence-electron chi connectivity index (χ2n) is 7.24. The minimum Gasteiger partial charge on any atom is -0.355 e. The average Bonchev–Trinajstić information content (AvgIpc) is 2.74. The predicted octanol–water partition coefficient (Wildman–Crippen LogP) is 5.28. The van der Waals surface area contributed by atoms with Gasteiger partial charge in [-0.2, -0.15) is 13.2 Å².